The quantitative estimate of drug-likeness (QED) is 0.608. The minimum Gasteiger partial charge on any atom is -0.369 e. The maximum Gasteiger partial charge on any atom is 0.221 e. The van der Waals surface area contributed by atoms with Crippen molar-refractivity contribution in [3.63, 3.8) is 0 Å². The lowest BCUT2D eigenvalue weighted by molar-refractivity contribution is -0.120. The molecule has 1 saturated heterocycles. The molecule has 5 heteroatoms. The van der Waals surface area contributed by atoms with Gasteiger partial charge < -0.3 is 11.1 Å². The van der Waals surface area contributed by atoms with E-state index in [1.165, 1.54) is 0 Å². The van der Waals surface area contributed by atoms with Crippen molar-refractivity contribution < 1.29 is 9.00 Å². The number of nitrogens with two attached hydrogens (primary N) is 1. The van der Waals surface area contributed by atoms with E-state index in [9.17, 15) is 9.00 Å². The lowest BCUT2D eigenvalue weighted by Crippen LogP contribution is -2.45. The van der Waals surface area contributed by atoms with Crippen molar-refractivity contribution in [2.45, 2.75) is 6.92 Å². The first-order valence-electron chi connectivity index (χ1n) is 4.44. The van der Waals surface area contributed by atoms with Crippen molar-refractivity contribution in [3.8, 4) is 0 Å². The third-order valence-electron chi connectivity index (χ3n) is 2.21. The number of hydrogen-bond acceptors (Lipinski definition) is 3. The zero-order valence-corrected chi connectivity index (χ0v) is 8.60. The van der Waals surface area contributed by atoms with Crippen molar-refractivity contribution in [2.24, 2.45) is 17.6 Å². The first-order chi connectivity index (χ1) is 6.09. The van der Waals surface area contributed by atoms with Crippen LogP contribution in [0.5, 0.6) is 0 Å². The summed E-state index contributed by atoms with van der Waals surface area (Å²) in [6, 6.07) is 0. The highest BCUT2D eigenvalue weighted by atomic mass is 32.2. The highest BCUT2D eigenvalue weighted by molar-refractivity contribution is 7.85. The number of carbonyl (C=O) groups is 1. The molecular weight excluding hydrogens is 188 g/mol. The normalized spacial score (nSPS) is 21.9. The third-order valence-corrected chi connectivity index (χ3v) is 3.92. The Morgan fingerprint density at radius 2 is 2.31 bits per heavy atom. The molecule has 3 N–H and O–H groups in total. The molecule has 13 heavy (non-hydrogen) atoms. The lowest BCUT2D eigenvalue weighted by atomic mass is 10.1. The number of primary amides is 1. The van der Waals surface area contributed by atoms with Gasteiger partial charge >= 0.3 is 0 Å². The van der Waals surface area contributed by atoms with Crippen LogP contribution in [0.15, 0.2) is 0 Å². The van der Waals surface area contributed by atoms with Gasteiger partial charge in [0.2, 0.25) is 5.91 Å². The lowest BCUT2D eigenvalue weighted by Gasteiger charge is -2.26. The minimum absolute atomic E-state index is 0.270. The molecule has 0 aromatic heterocycles. The highest BCUT2D eigenvalue weighted by Crippen LogP contribution is 2.07. The van der Waals surface area contributed by atoms with Gasteiger partial charge in [-0.05, 0) is 5.92 Å². The Kier molecular flexibility index (Phi) is 3.87. The summed E-state index contributed by atoms with van der Waals surface area (Å²) >= 11 is 0. The largest absolute Gasteiger partial charge is 0.369 e. The van der Waals surface area contributed by atoms with E-state index in [0.29, 0.717) is 17.4 Å². The van der Waals surface area contributed by atoms with E-state index in [-0.39, 0.29) is 11.8 Å². The monoisotopic (exact) mass is 204 g/mol. The van der Waals surface area contributed by atoms with Gasteiger partial charge in [-0.25, -0.2) is 0 Å². The summed E-state index contributed by atoms with van der Waals surface area (Å²) in [5.74, 6) is 1.01. The van der Waals surface area contributed by atoms with Gasteiger partial charge in [-0.2, -0.15) is 0 Å². The van der Waals surface area contributed by atoms with Gasteiger partial charge in [0.1, 0.15) is 0 Å². The van der Waals surface area contributed by atoms with Crippen LogP contribution >= 0.6 is 0 Å². The number of carbonyl (C=O) groups excluding carboxylic acids is 1. The van der Waals surface area contributed by atoms with Crippen molar-refractivity contribution >= 4 is 16.7 Å². The summed E-state index contributed by atoms with van der Waals surface area (Å²) in [5.41, 5.74) is 5.08. The molecule has 0 aromatic rings. The molecule has 0 spiro atoms. The predicted molar refractivity (Wildman–Crippen MR) is 52.6 cm³/mol. The fourth-order valence-corrected chi connectivity index (χ4v) is 2.78. The zero-order valence-electron chi connectivity index (χ0n) is 7.79. The van der Waals surface area contributed by atoms with E-state index in [1.54, 1.807) is 6.92 Å². The Morgan fingerprint density at radius 3 is 2.69 bits per heavy atom. The third kappa shape index (κ3) is 3.44. The van der Waals surface area contributed by atoms with Crippen LogP contribution in [0.2, 0.25) is 0 Å². The van der Waals surface area contributed by atoms with Crippen molar-refractivity contribution in [1.29, 1.82) is 0 Å². The number of nitrogens with one attached hydrogen (secondary N) is 1. The van der Waals surface area contributed by atoms with E-state index >= 15 is 0 Å². The van der Waals surface area contributed by atoms with E-state index in [0.717, 1.165) is 13.1 Å². The second kappa shape index (κ2) is 4.72. The average Bonchev–Trinajstić information content (AvgIpc) is 1.96. The molecule has 0 bridgehead atoms. The molecule has 1 rings (SSSR count). The summed E-state index contributed by atoms with van der Waals surface area (Å²) in [4.78, 5) is 10.7. The van der Waals surface area contributed by atoms with Crippen molar-refractivity contribution in [2.75, 3.05) is 24.6 Å². The molecular formula is C8H16N2O2S. The standard InChI is InChI=1S/C8H16N2O2S/c1-6(8(9)11)4-13(12)5-7-2-10-3-7/h6-7,10H,2-5H2,1H3,(H2,9,11). The predicted octanol–water partition coefficient (Wildman–Crippen LogP) is -0.924. The Hall–Kier alpha value is -0.420. The Bertz CT molecular complexity index is 216. The molecule has 1 heterocycles. The van der Waals surface area contributed by atoms with Crippen molar-refractivity contribution in [1.82, 2.24) is 5.32 Å². The molecule has 1 aliphatic heterocycles. The van der Waals surface area contributed by atoms with Crippen LogP contribution in [-0.2, 0) is 15.6 Å². The van der Waals surface area contributed by atoms with Crippen LogP contribution in [0.3, 0.4) is 0 Å². The average molecular weight is 204 g/mol. The summed E-state index contributed by atoms with van der Waals surface area (Å²) < 4.78 is 11.4. The molecule has 0 radical (unpaired) electrons. The van der Waals surface area contributed by atoms with Gasteiger partial charge in [0, 0.05) is 41.3 Å². The van der Waals surface area contributed by atoms with Gasteiger partial charge in [0.25, 0.3) is 0 Å². The van der Waals surface area contributed by atoms with Crippen LogP contribution in [-0.4, -0.2) is 34.7 Å². The van der Waals surface area contributed by atoms with Crippen LogP contribution in [0.4, 0.5) is 0 Å². The molecule has 76 valence electrons. The first-order valence-corrected chi connectivity index (χ1v) is 5.93. The SMILES string of the molecule is CC(CS(=O)CC1CNC1)C(N)=O. The van der Waals surface area contributed by atoms with E-state index in [2.05, 4.69) is 5.32 Å². The second-order valence-electron chi connectivity index (χ2n) is 3.60. The first kappa shape index (κ1) is 10.7. The molecule has 0 aromatic carbocycles. The van der Waals surface area contributed by atoms with E-state index in [4.69, 9.17) is 5.73 Å². The van der Waals surface area contributed by atoms with Gasteiger partial charge in [-0.1, -0.05) is 6.92 Å². The minimum atomic E-state index is -0.890. The Labute approximate surface area is 80.7 Å². The van der Waals surface area contributed by atoms with Crippen LogP contribution in [0.1, 0.15) is 6.92 Å². The van der Waals surface area contributed by atoms with Gasteiger partial charge in [0.05, 0.1) is 0 Å². The Balaban J connectivity index is 2.19. The molecule has 1 fully saturated rings. The van der Waals surface area contributed by atoms with Crippen molar-refractivity contribution in [3.05, 3.63) is 0 Å². The van der Waals surface area contributed by atoms with Gasteiger partial charge in [0.15, 0.2) is 0 Å². The van der Waals surface area contributed by atoms with Crippen LogP contribution < -0.4 is 11.1 Å². The topological polar surface area (TPSA) is 72.2 Å². The van der Waals surface area contributed by atoms with Gasteiger partial charge in [-0.15, -0.1) is 0 Å². The van der Waals surface area contributed by atoms with Gasteiger partial charge in [-0.3, -0.25) is 9.00 Å². The maximum atomic E-state index is 11.4. The smallest absolute Gasteiger partial charge is 0.221 e. The highest BCUT2D eigenvalue weighted by Gasteiger charge is 2.21. The summed E-state index contributed by atoms with van der Waals surface area (Å²) in [7, 11) is -0.890. The molecule has 4 nitrogen and oxygen atoms in total. The zero-order chi connectivity index (χ0) is 9.84. The van der Waals surface area contributed by atoms with E-state index < -0.39 is 10.8 Å². The Morgan fingerprint density at radius 1 is 1.69 bits per heavy atom. The fourth-order valence-electron chi connectivity index (χ4n) is 1.16. The molecule has 2 atom stereocenters. The number of rotatable bonds is 5. The van der Waals surface area contributed by atoms with E-state index in [1.807, 2.05) is 0 Å². The molecule has 1 amide bonds. The summed E-state index contributed by atoms with van der Waals surface area (Å²) in [5, 5.41) is 3.12. The molecule has 2 unspecified atom stereocenters. The molecule has 0 aliphatic carbocycles. The number of hydrogen-bond donors (Lipinski definition) is 2. The molecule has 0 saturated carbocycles. The second-order valence-corrected chi connectivity index (χ2v) is 5.15. The fraction of sp³-hybridized carbons (Fsp3) is 0.875. The molecule has 1 aliphatic rings. The van der Waals surface area contributed by atoms with Crippen LogP contribution in [0.25, 0.3) is 0 Å². The summed E-state index contributed by atoms with van der Waals surface area (Å²) in [6.07, 6.45) is 0. The maximum absolute atomic E-state index is 11.4. The van der Waals surface area contributed by atoms with Crippen LogP contribution in [0, 0.1) is 11.8 Å². The summed E-state index contributed by atoms with van der Waals surface area (Å²) in [6.45, 7) is 3.63. The number of amides is 1.